The minimum atomic E-state index is -2.99. The number of aromatic nitrogens is 2. The number of carbonyl (C=O) groups is 1. The van der Waals surface area contributed by atoms with Gasteiger partial charge >= 0.3 is 0 Å². The summed E-state index contributed by atoms with van der Waals surface area (Å²) in [5, 5.41) is 3.91. The van der Waals surface area contributed by atoms with Crippen molar-refractivity contribution in [2.45, 2.75) is 44.2 Å². The number of ether oxygens (including phenoxy) is 1. The van der Waals surface area contributed by atoms with Crippen LogP contribution in [-0.2, 0) is 17.6 Å². The van der Waals surface area contributed by atoms with Gasteiger partial charge in [0.15, 0.2) is 0 Å². The highest BCUT2D eigenvalue weighted by Crippen LogP contribution is 2.35. The molecular weight excluding hydrogens is 486 g/mol. The summed E-state index contributed by atoms with van der Waals surface area (Å²) < 4.78 is 33.5. The van der Waals surface area contributed by atoms with Gasteiger partial charge in [-0.1, -0.05) is 6.07 Å². The third-order valence-corrected chi connectivity index (χ3v) is 8.21. The lowest BCUT2D eigenvalue weighted by atomic mass is 9.91. The van der Waals surface area contributed by atoms with Crippen molar-refractivity contribution in [3.8, 4) is 0 Å². The smallest absolute Gasteiger partial charge is 0.276 e. The summed E-state index contributed by atoms with van der Waals surface area (Å²) in [7, 11) is 1.27. The molecule has 0 unspecified atom stereocenters. The number of alkyl halides is 2. The fraction of sp³-hybridized carbons (Fsp3) is 0.480. The zero-order valence-corrected chi connectivity index (χ0v) is 21.1. The predicted octanol–water partition coefficient (Wildman–Crippen LogP) is 2.91. The first-order valence-electron chi connectivity index (χ1n) is 12.0. The molecule has 4 heterocycles. The third kappa shape index (κ3) is 4.62. The number of anilines is 2. The molecule has 0 aromatic carbocycles. The molecule has 3 aromatic rings. The Balaban J connectivity index is 1.26. The molecule has 8 nitrogen and oxygen atoms in total. The van der Waals surface area contributed by atoms with Gasteiger partial charge in [0, 0.05) is 49.1 Å². The molecule has 1 fully saturated rings. The quantitative estimate of drug-likeness (QED) is 0.461. The number of amides is 1. The van der Waals surface area contributed by atoms with Crippen molar-refractivity contribution in [3.05, 3.63) is 46.1 Å². The van der Waals surface area contributed by atoms with Gasteiger partial charge in [-0.15, -0.1) is 11.3 Å². The van der Waals surface area contributed by atoms with E-state index in [4.69, 9.17) is 21.2 Å². The Morgan fingerprint density at radius 3 is 2.86 bits per heavy atom. The van der Waals surface area contributed by atoms with E-state index in [-0.39, 0.29) is 18.5 Å². The van der Waals surface area contributed by atoms with Crippen LogP contribution in [-0.4, -0.2) is 60.7 Å². The summed E-state index contributed by atoms with van der Waals surface area (Å²) in [6, 6.07) is 6.90. The highest BCUT2D eigenvalue weighted by molar-refractivity contribution is 7.21. The van der Waals surface area contributed by atoms with Crippen LogP contribution in [0.4, 0.5) is 20.3 Å². The minimum absolute atomic E-state index is 0.0470. The van der Waals surface area contributed by atoms with E-state index in [2.05, 4.69) is 10.3 Å². The third-order valence-electron chi connectivity index (χ3n) is 7.09. The van der Waals surface area contributed by atoms with E-state index in [9.17, 15) is 13.6 Å². The number of aryl methyl sites for hydroxylation is 2. The number of rotatable bonds is 6. The number of hydrogen-bond donors (Lipinski definition) is 3. The number of halogens is 2. The normalized spacial score (nSPS) is 22.1. The second-order valence-electron chi connectivity index (χ2n) is 9.71. The Kier molecular flexibility index (Phi) is 6.56. The Labute approximate surface area is 212 Å². The molecule has 1 saturated heterocycles. The second kappa shape index (κ2) is 9.53. The highest BCUT2D eigenvalue weighted by Gasteiger charge is 2.48. The topological polar surface area (TPSA) is 119 Å². The van der Waals surface area contributed by atoms with Crippen LogP contribution < -0.4 is 21.7 Å². The fourth-order valence-corrected chi connectivity index (χ4v) is 6.21. The van der Waals surface area contributed by atoms with Crippen LogP contribution in [0.1, 0.15) is 33.0 Å². The maximum absolute atomic E-state index is 14.4. The van der Waals surface area contributed by atoms with E-state index >= 15 is 0 Å². The number of nitrogens with one attached hydrogen (secondary N) is 1. The van der Waals surface area contributed by atoms with Gasteiger partial charge in [0.05, 0.1) is 11.6 Å². The first-order chi connectivity index (χ1) is 17.2. The van der Waals surface area contributed by atoms with E-state index in [1.165, 1.54) is 18.4 Å². The van der Waals surface area contributed by atoms with Crippen LogP contribution in [0.3, 0.4) is 0 Å². The summed E-state index contributed by atoms with van der Waals surface area (Å²) in [5.74, 6) is -3.52. The summed E-state index contributed by atoms with van der Waals surface area (Å²) in [6.45, 7) is 1.71. The maximum atomic E-state index is 14.4. The molecule has 1 aliphatic carbocycles. The van der Waals surface area contributed by atoms with Crippen molar-refractivity contribution in [1.29, 1.82) is 0 Å². The molecule has 3 atom stereocenters. The van der Waals surface area contributed by atoms with Gasteiger partial charge in [0.1, 0.15) is 22.1 Å². The van der Waals surface area contributed by atoms with Crippen LogP contribution in [0.25, 0.3) is 10.2 Å². The summed E-state index contributed by atoms with van der Waals surface area (Å²) in [6.07, 6.45) is 2.05. The lowest BCUT2D eigenvalue weighted by molar-refractivity contribution is -0.105. The largest absolute Gasteiger partial charge is 0.397 e. The number of fused-ring (bicyclic) bond motifs is 2. The molecule has 5 N–H and O–H groups in total. The summed E-state index contributed by atoms with van der Waals surface area (Å²) >= 11 is 1.30. The average Bonchev–Trinajstić information content (AvgIpc) is 3.39. The van der Waals surface area contributed by atoms with Crippen molar-refractivity contribution < 1.29 is 18.3 Å². The second-order valence-corrected chi connectivity index (χ2v) is 10.7. The maximum Gasteiger partial charge on any atom is 0.276 e. The van der Waals surface area contributed by atoms with Crippen LogP contribution >= 0.6 is 11.3 Å². The molecule has 11 heteroatoms. The van der Waals surface area contributed by atoms with Crippen molar-refractivity contribution in [2.75, 3.05) is 37.4 Å². The molecule has 3 aromatic heterocycles. The molecular formula is C25H30F2N6O2S. The first-order valence-corrected chi connectivity index (χ1v) is 12.8. The molecule has 1 aliphatic heterocycles. The van der Waals surface area contributed by atoms with Crippen LogP contribution in [0, 0.1) is 12.8 Å². The number of hydrogen-bond acceptors (Lipinski definition) is 8. The van der Waals surface area contributed by atoms with Gasteiger partial charge in [-0.3, -0.25) is 4.79 Å². The molecule has 0 radical (unpaired) electrons. The number of pyridine rings is 2. The Bertz CT molecular complexity index is 1300. The number of carbonyl (C=O) groups excluding carboxylic acids is 1. The predicted molar refractivity (Wildman–Crippen MR) is 137 cm³/mol. The van der Waals surface area contributed by atoms with Gasteiger partial charge in [-0.2, -0.15) is 0 Å². The lowest BCUT2D eigenvalue weighted by Crippen LogP contribution is -2.43. The van der Waals surface area contributed by atoms with E-state index in [0.717, 1.165) is 33.6 Å². The van der Waals surface area contributed by atoms with E-state index < -0.39 is 24.5 Å². The van der Waals surface area contributed by atoms with Gasteiger partial charge in [0.25, 0.3) is 11.8 Å². The highest BCUT2D eigenvalue weighted by atomic mass is 32.1. The summed E-state index contributed by atoms with van der Waals surface area (Å²) in [5.41, 5.74) is 15.6. The van der Waals surface area contributed by atoms with E-state index in [0.29, 0.717) is 35.8 Å². The summed E-state index contributed by atoms with van der Waals surface area (Å²) in [4.78, 5) is 25.3. The zero-order valence-electron chi connectivity index (χ0n) is 20.3. The Morgan fingerprint density at radius 2 is 2.08 bits per heavy atom. The van der Waals surface area contributed by atoms with Crippen molar-refractivity contribution in [3.63, 3.8) is 0 Å². The molecule has 36 heavy (non-hydrogen) atoms. The molecule has 0 bridgehead atoms. The van der Waals surface area contributed by atoms with Crippen molar-refractivity contribution >= 4 is 39.0 Å². The minimum Gasteiger partial charge on any atom is -0.397 e. The molecule has 0 saturated carbocycles. The number of nitrogen functional groups attached to an aromatic ring is 1. The van der Waals surface area contributed by atoms with Crippen LogP contribution in [0.2, 0.25) is 0 Å². The Morgan fingerprint density at radius 1 is 1.28 bits per heavy atom. The van der Waals surface area contributed by atoms with Gasteiger partial charge in [0.2, 0.25) is 0 Å². The van der Waals surface area contributed by atoms with E-state index in [1.807, 2.05) is 36.1 Å². The van der Waals surface area contributed by atoms with Crippen molar-refractivity contribution in [2.24, 2.45) is 11.7 Å². The number of nitrogens with two attached hydrogens (primary N) is 2. The monoisotopic (exact) mass is 516 g/mol. The molecule has 5 rings (SSSR count). The first kappa shape index (κ1) is 24.8. The Hall–Kier alpha value is -2.89. The number of methoxy groups -OCH3 is 1. The standard InChI is InChI=1S/C25H30F2N6O2S/c1-13-3-6-16-21(29)22(36-24(16)30-13)23(34)31-15-5-7-19-14(9-15)4-8-20(32-19)33-10-17(18(28)11-33)25(26,27)12-35-2/h3-4,6,8,15,17-18H,5,7,9-12,28-29H2,1-2H3,(H,31,34)/t15-,17+,18+/m0/s1. The van der Waals surface area contributed by atoms with E-state index in [1.54, 1.807) is 0 Å². The molecule has 0 spiro atoms. The number of thiophene rings is 1. The molecule has 1 amide bonds. The SMILES string of the molecule is COCC(F)(F)[C@@H]1CN(c2ccc3c(n2)CC[C@H](NC(=O)c2sc4nc(C)ccc4c2N)C3)C[C@H]1N. The zero-order chi connectivity index (χ0) is 25.6. The average molecular weight is 517 g/mol. The van der Waals surface area contributed by atoms with Gasteiger partial charge in [-0.05, 0) is 49.9 Å². The fourth-order valence-electron chi connectivity index (χ4n) is 5.17. The number of nitrogens with zero attached hydrogens (tertiary/aromatic N) is 3. The van der Waals surface area contributed by atoms with Gasteiger partial charge in [-0.25, -0.2) is 18.7 Å². The molecule has 2 aliphatic rings. The van der Waals surface area contributed by atoms with Gasteiger partial charge < -0.3 is 26.4 Å². The van der Waals surface area contributed by atoms with Crippen molar-refractivity contribution in [1.82, 2.24) is 15.3 Å². The lowest BCUT2D eigenvalue weighted by Gasteiger charge is -2.27. The van der Waals surface area contributed by atoms with Crippen LogP contribution in [0.5, 0.6) is 0 Å². The molecule has 192 valence electrons. The van der Waals surface area contributed by atoms with Crippen LogP contribution in [0.15, 0.2) is 24.3 Å².